The predicted octanol–water partition coefficient (Wildman–Crippen LogP) is 2.28. The Hall–Kier alpha value is -3.40. The standard InChI is InChI=1S/C26H34N4O5S/c1-4-17(2)22(30-23(31)19-11-8-13-27-16-19)25(33)29-21(15-18-9-6-5-7-10-18)24(32)28-20(26(34)35)12-14-36-3/h5-11,13,16-17,20-22H,4,12,14-15H2,1-3H3,(H,28,32)(H,29,33)(H,30,31)(H,34,35)/t17-,20-,21-,22-/m0/s1. The molecule has 4 atom stereocenters. The van der Waals surface area contributed by atoms with Gasteiger partial charge in [-0.05, 0) is 42.0 Å². The van der Waals surface area contributed by atoms with Crippen LogP contribution >= 0.6 is 11.8 Å². The number of thioether (sulfide) groups is 1. The number of nitrogens with one attached hydrogen (secondary N) is 3. The first-order valence-electron chi connectivity index (χ1n) is 11.8. The lowest BCUT2D eigenvalue weighted by Gasteiger charge is -2.27. The summed E-state index contributed by atoms with van der Waals surface area (Å²) in [6.45, 7) is 3.74. The second-order valence-electron chi connectivity index (χ2n) is 8.51. The van der Waals surface area contributed by atoms with E-state index in [1.165, 1.54) is 18.0 Å². The average molecular weight is 515 g/mol. The van der Waals surface area contributed by atoms with Gasteiger partial charge < -0.3 is 21.1 Å². The van der Waals surface area contributed by atoms with Crippen molar-refractivity contribution in [2.45, 2.75) is 51.2 Å². The van der Waals surface area contributed by atoms with Crippen LogP contribution in [0.4, 0.5) is 0 Å². The summed E-state index contributed by atoms with van der Waals surface area (Å²) >= 11 is 1.48. The van der Waals surface area contributed by atoms with E-state index in [0.717, 1.165) is 5.56 Å². The maximum absolute atomic E-state index is 13.4. The molecule has 1 aromatic carbocycles. The van der Waals surface area contributed by atoms with Gasteiger partial charge in [0.05, 0.1) is 5.56 Å². The molecule has 194 valence electrons. The van der Waals surface area contributed by atoms with Gasteiger partial charge >= 0.3 is 5.97 Å². The Morgan fingerprint density at radius 3 is 2.25 bits per heavy atom. The van der Waals surface area contributed by atoms with Crippen molar-refractivity contribution < 1.29 is 24.3 Å². The van der Waals surface area contributed by atoms with E-state index in [-0.39, 0.29) is 18.8 Å². The van der Waals surface area contributed by atoms with E-state index in [2.05, 4.69) is 20.9 Å². The molecule has 1 heterocycles. The number of carbonyl (C=O) groups excluding carboxylic acids is 3. The number of aliphatic carboxylic acids is 1. The lowest BCUT2D eigenvalue weighted by molar-refractivity contribution is -0.142. The summed E-state index contributed by atoms with van der Waals surface area (Å²) in [7, 11) is 0. The van der Waals surface area contributed by atoms with Crippen LogP contribution in [0.3, 0.4) is 0 Å². The lowest BCUT2D eigenvalue weighted by Crippen LogP contribution is -2.57. The van der Waals surface area contributed by atoms with Gasteiger partial charge in [0.25, 0.3) is 5.91 Å². The highest BCUT2D eigenvalue weighted by molar-refractivity contribution is 7.98. The molecule has 0 aliphatic carbocycles. The highest BCUT2D eigenvalue weighted by Gasteiger charge is 2.32. The Labute approximate surface area is 215 Å². The third-order valence-electron chi connectivity index (χ3n) is 5.85. The van der Waals surface area contributed by atoms with E-state index in [1.54, 1.807) is 18.3 Å². The highest BCUT2D eigenvalue weighted by Crippen LogP contribution is 2.12. The minimum Gasteiger partial charge on any atom is -0.480 e. The van der Waals surface area contributed by atoms with Crippen LogP contribution in [-0.4, -0.2) is 63.9 Å². The largest absolute Gasteiger partial charge is 0.480 e. The predicted molar refractivity (Wildman–Crippen MR) is 140 cm³/mol. The number of hydrogen-bond acceptors (Lipinski definition) is 6. The molecule has 4 N–H and O–H groups in total. The average Bonchev–Trinajstić information content (AvgIpc) is 2.89. The molecule has 3 amide bonds. The number of aromatic nitrogens is 1. The zero-order valence-electron chi connectivity index (χ0n) is 20.8. The van der Waals surface area contributed by atoms with Gasteiger partial charge in [-0.3, -0.25) is 19.4 Å². The van der Waals surface area contributed by atoms with Gasteiger partial charge in [0, 0.05) is 18.8 Å². The summed E-state index contributed by atoms with van der Waals surface area (Å²) in [5.74, 6) is -2.36. The number of carboxylic acid groups (broad SMARTS) is 1. The smallest absolute Gasteiger partial charge is 0.326 e. The molecule has 10 heteroatoms. The van der Waals surface area contributed by atoms with Crippen LogP contribution in [0.25, 0.3) is 0 Å². The SMILES string of the molecule is CC[C@H](C)[C@H](NC(=O)c1cccnc1)C(=O)N[C@@H](Cc1ccccc1)C(=O)N[C@@H](CCSC)C(=O)O. The maximum atomic E-state index is 13.4. The molecule has 0 unspecified atom stereocenters. The molecule has 2 rings (SSSR count). The van der Waals surface area contributed by atoms with Crippen LogP contribution in [0.1, 0.15) is 42.6 Å². The van der Waals surface area contributed by atoms with Crippen LogP contribution in [0, 0.1) is 5.92 Å². The van der Waals surface area contributed by atoms with Gasteiger partial charge in [0.15, 0.2) is 0 Å². The summed E-state index contributed by atoms with van der Waals surface area (Å²) in [5, 5.41) is 17.6. The number of rotatable bonds is 14. The second-order valence-corrected chi connectivity index (χ2v) is 9.50. The Morgan fingerprint density at radius 1 is 0.972 bits per heavy atom. The Balaban J connectivity index is 2.24. The van der Waals surface area contributed by atoms with Crippen molar-refractivity contribution in [1.29, 1.82) is 0 Å². The van der Waals surface area contributed by atoms with Crippen LogP contribution in [-0.2, 0) is 20.8 Å². The van der Waals surface area contributed by atoms with Gasteiger partial charge in [-0.25, -0.2) is 4.79 Å². The fraction of sp³-hybridized carbons (Fsp3) is 0.423. The summed E-state index contributed by atoms with van der Waals surface area (Å²) in [4.78, 5) is 54.9. The normalized spacial score (nSPS) is 14.1. The number of carboxylic acids is 1. The van der Waals surface area contributed by atoms with Gasteiger partial charge in [0.2, 0.25) is 11.8 Å². The number of amides is 3. The summed E-state index contributed by atoms with van der Waals surface area (Å²) < 4.78 is 0. The summed E-state index contributed by atoms with van der Waals surface area (Å²) in [6, 6.07) is 9.35. The minimum atomic E-state index is -1.14. The van der Waals surface area contributed by atoms with Crippen molar-refractivity contribution in [3.8, 4) is 0 Å². The molecular formula is C26H34N4O5S. The zero-order chi connectivity index (χ0) is 26.5. The molecule has 2 aromatic rings. The first-order valence-corrected chi connectivity index (χ1v) is 13.2. The Kier molecular flexibility index (Phi) is 11.9. The fourth-order valence-corrected chi connectivity index (χ4v) is 3.98. The molecule has 0 saturated carbocycles. The first kappa shape index (κ1) is 28.8. The third kappa shape index (κ3) is 8.99. The van der Waals surface area contributed by atoms with Crippen molar-refractivity contribution in [3.63, 3.8) is 0 Å². The van der Waals surface area contributed by atoms with Crippen LogP contribution < -0.4 is 16.0 Å². The molecular weight excluding hydrogens is 480 g/mol. The third-order valence-corrected chi connectivity index (χ3v) is 6.49. The van der Waals surface area contributed by atoms with Gasteiger partial charge in [-0.2, -0.15) is 11.8 Å². The topological polar surface area (TPSA) is 137 Å². The molecule has 0 spiro atoms. The van der Waals surface area contributed by atoms with E-state index in [0.29, 0.717) is 17.7 Å². The fourth-order valence-electron chi connectivity index (χ4n) is 3.51. The Bertz CT molecular complexity index is 1010. The van der Waals surface area contributed by atoms with Crippen molar-refractivity contribution >= 4 is 35.5 Å². The lowest BCUT2D eigenvalue weighted by atomic mass is 9.96. The first-order chi connectivity index (χ1) is 17.3. The van der Waals surface area contributed by atoms with Gasteiger partial charge in [0.1, 0.15) is 18.1 Å². The molecule has 0 fully saturated rings. The van der Waals surface area contributed by atoms with Gasteiger partial charge in [-0.15, -0.1) is 0 Å². The van der Waals surface area contributed by atoms with Crippen molar-refractivity contribution in [2.75, 3.05) is 12.0 Å². The van der Waals surface area contributed by atoms with Crippen molar-refractivity contribution in [2.24, 2.45) is 5.92 Å². The van der Waals surface area contributed by atoms with E-state index >= 15 is 0 Å². The van der Waals surface area contributed by atoms with Gasteiger partial charge in [-0.1, -0.05) is 50.6 Å². The molecule has 0 saturated heterocycles. The molecule has 36 heavy (non-hydrogen) atoms. The highest BCUT2D eigenvalue weighted by atomic mass is 32.2. The van der Waals surface area contributed by atoms with Crippen molar-refractivity contribution in [1.82, 2.24) is 20.9 Å². The molecule has 0 bridgehead atoms. The van der Waals surface area contributed by atoms with Crippen molar-refractivity contribution in [3.05, 3.63) is 66.0 Å². The monoisotopic (exact) mass is 514 g/mol. The number of pyridine rings is 1. The van der Waals surface area contributed by atoms with Crippen LogP contribution in [0.5, 0.6) is 0 Å². The number of carbonyl (C=O) groups is 4. The molecule has 1 aromatic heterocycles. The summed E-state index contributed by atoms with van der Waals surface area (Å²) in [6.07, 6.45) is 5.84. The van der Waals surface area contributed by atoms with E-state index in [1.807, 2.05) is 50.4 Å². The zero-order valence-corrected chi connectivity index (χ0v) is 21.6. The molecule has 9 nitrogen and oxygen atoms in total. The van der Waals surface area contributed by atoms with Crippen LogP contribution in [0.15, 0.2) is 54.9 Å². The maximum Gasteiger partial charge on any atom is 0.326 e. The Morgan fingerprint density at radius 2 is 1.67 bits per heavy atom. The molecule has 0 aliphatic rings. The molecule has 0 radical (unpaired) electrons. The number of benzene rings is 1. The van der Waals surface area contributed by atoms with E-state index in [9.17, 15) is 24.3 Å². The number of nitrogens with zero attached hydrogens (tertiary/aromatic N) is 1. The van der Waals surface area contributed by atoms with Crippen LogP contribution in [0.2, 0.25) is 0 Å². The quantitative estimate of drug-likeness (QED) is 0.303. The summed E-state index contributed by atoms with van der Waals surface area (Å²) in [5.41, 5.74) is 1.11. The minimum absolute atomic E-state index is 0.164. The molecule has 0 aliphatic heterocycles. The second kappa shape index (κ2) is 14.9. The van der Waals surface area contributed by atoms with E-state index in [4.69, 9.17) is 0 Å². The van der Waals surface area contributed by atoms with E-state index < -0.39 is 41.8 Å². The number of hydrogen-bond donors (Lipinski definition) is 4.